The summed E-state index contributed by atoms with van der Waals surface area (Å²) in [5, 5.41) is 3.31. The average Bonchev–Trinajstić information content (AvgIpc) is 2.32. The van der Waals surface area contributed by atoms with Crippen molar-refractivity contribution in [2.75, 3.05) is 32.7 Å². The van der Waals surface area contributed by atoms with E-state index in [9.17, 15) is 4.39 Å². The van der Waals surface area contributed by atoms with E-state index in [1.807, 2.05) is 6.07 Å². The smallest absolute Gasteiger partial charge is 0.126 e. The van der Waals surface area contributed by atoms with Gasteiger partial charge in [0.05, 0.1) is 0 Å². The van der Waals surface area contributed by atoms with Crippen molar-refractivity contribution in [3.63, 3.8) is 0 Å². The van der Waals surface area contributed by atoms with E-state index in [1.54, 1.807) is 6.07 Å². The highest BCUT2D eigenvalue weighted by Crippen LogP contribution is 2.16. The molecule has 1 heterocycles. The molecular weight excluding hydrogens is 271 g/mol. The quantitative estimate of drug-likeness (QED) is 0.915. The molecule has 0 atom stereocenters. The highest BCUT2D eigenvalue weighted by Gasteiger charge is 2.10. The first-order valence-electron chi connectivity index (χ1n) is 5.63. The van der Waals surface area contributed by atoms with Crippen LogP contribution in [0.4, 0.5) is 4.39 Å². The third-order valence-electron chi connectivity index (χ3n) is 2.91. The normalized spacial score (nSPS) is 17.6. The molecule has 88 valence electrons. The Morgan fingerprint density at radius 2 is 2.06 bits per heavy atom. The van der Waals surface area contributed by atoms with E-state index in [4.69, 9.17) is 0 Å². The number of hydrogen-bond donors (Lipinski definition) is 1. The Balaban J connectivity index is 1.90. The molecule has 1 aromatic rings. The third-order valence-corrected chi connectivity index (χ3v) is 3.41. The van der Waals surface area contributed by atoms with Crippen molar-refractivity contribution in [2.24, 2.45) is 0 Å². The molecule has 1 aliphatic heterocycles. The van der Waals surface area contributed by atoms with E-state index in [1.165, 1.54) is 6.07 Å². The molecule has 0 radical (unpaired) electrons. The number of nitrogens with one attached hydrogen (secondary N) is 1. The Morgan fingerprint density at radius 1 is 1.31 bits per heavy atom. The van der Waals surface area contributed by atoms with Gasteiger partial charge in [-0.15, -0.1) is 0 Å². The van der Waals surface area contributed by atoms with Crippen molar-refractivity contribution in [1.82, 2.24) is 10.2 Å². The maximum Gasteiger partial charge on any atom is 0.126 e. The van der Waals surface area contributed by atoms with E-state index in [-0.39, 0.29) is 5.82 Å². The highest BCUT2D eigenvalue weighted by molar-refractivity contribution is 9.10. The number of rotatable bonds is 3. The second-order valence-electron chi connectivity index (χ2n) is 4.08. The van der Waals surface area contributed by atoms with Crippen LogP contribution in [0.5, 0.6) is 0 Å². The largest absolute Gasteiger partial charge is 0.314 e. The molecule has 0 unspecified atom stereocenters. The molecule has 0 aromatic heterocycles. The zero-order valence-corrected chi connectivity index (χ0v) is 10.8. The van der Waals surface area contributed by atoms with Crippen LogP contribution >= 0.6 is 15.9 Å². The average molecular weight is 287 g/mol. The van der Waals surface area contributed by atoms with Gasteiger partial charge in [0.25, 0.3) is 0 Å². The zero-order chi connectivity index (χ0) is 11.4. The van der Waals surface area contributed by atoms with Crippen LogP contribution in [-0.4, -0.2) is 37.6 Å². The second-order valence-corrected chi connectivity index (χ2v) is 4.99. The van der Waals surface area contributed by atoms with Gasteiger partial charge in [0.15, 0.2) is 0 Å². The van der Waals surface area contributed by atoms with Gasteiger partial charge >= 0.3 is 0 Å². The van der Waals surface area contributed by atoms with E-state index in [0.29, 0.717) is 0 Å². The second kappa shape index (κ2) is 5.75. The van der Waals surface area contributed by atoms with Crippen LogP contribution in [0.3, 0.4) is 0 Å². The van der Waals surface area contributed by atoms with Crippen LogP contribution in [-0.2, 0) is 6.42 Å². The summed E-state index contributed by atoms with van der Waals surface area (Å²) in [6, 6.07) is 5.14. The van der Waals surface area contributed by atoms with E-state index in [2.05, 4.69) is 26.1 Å². The zero-order valence-electron chi connectivity index (χ0n) is 9.18. The fraction of sp³-hybridized carbons (Fsp3) is 0.500. The standard InChI is InChI=1S/C12H16BrFN2/c13-11-1-2-12(14)10(9-11)3-6-16-7-4-15-5-8-16/h1-2,9,15H,3-8H2. The van der Waals surface area contributed by atoms with Gasteiger partial charge in [-0.3, -0.25) is 0 Å². The minimum Gasteiger partial charge on any atom is -0.314 e. The summed E-state index contributed by atoms with van der Waals surface area (Å²) in [5.41, 5.74) is 0.799. The molecule has 1 aliphatic rings. The maximum atomic E-state index is 13.5. The van der Waals surface area contributed by atoms with Gasteiger partial charge in [-0.1, -0.05) is 15.9 Å². The fourth-order valence-electron chi connectivity index (χ4n) is 1.95. The van der Waals surface area contributed by atoms with Crippen LogP contribution in [0.25, 0.3) is 0 Å². The van der Waals surface area contributed by atoms with E-state index >= 15 is 0 Å². The summed E-state index contributed by atoms with van der Waals surface area (Å²) in [6.45, 7) is 5.15. The highest BCUT2D eigenvalue weighted by atomic mass is 79.9. The molecule has 4 heteroatoms. The molecule has 2 rings (SSSR count). The molecule has 0 saturated carbocycles. The number of piperazine rings is 1. The number of halogens is 2. The molecule has 1 aromatic carbocycles. The molecule has 1 N–H and O–H groups in total. The molecule has 2 nitrogen and oxygen atoms in total. The molecular formula is C12H16BrFN2. The summed E-state index contributed by atoms with van der Waals surface area (Å²) in [4.78, 5) is 2.37. The molecule has 0 bridgehead atoms. The Kier molecular flexibility index (Phi) is 4.32. The Hall–Kier alpha value is -0.450. The maximum absolute atomic E-state index is 13.5. The topological polar surface area (TPSA) is 15.3 Å². The van der Waals surface area contributed by atoms with Crippen molar-refractivity contribution in [2.45, 2.75) is 6.42 Å². The first-order valence-corrected chi connectivity index (χ1v) is 6.42. The van der Waals surface area contributed by atoms with Gasteiger partial charge in [-0.2, -0.15) is 0 Å². The van der Waals surface area contributed by atoms with Crippen molar-refractivity contribution in [1.29, 1.82) is 0 Å². The van der Waals surface area contributed by atoms with Crippen LogP contribution < -0.4 is 5.32 Å². The molecule has 16 heavy (non-hydrogen) atoms. The van der Waals surface area contributed by atoms with E-state index in [0.717, 1.165) is 49.2 Å². The van der Waals surface area contributed by atoms with Gasteiger partial charge in [0.2, 0.25) is 0 Å². The third kappa shape index (κ3) is 3.27. The molecule has 0 aliphatic carbocycles. The van der Waals surface area contributed by atoms with Gasteiger partial charge in [0.1, 0.15) is 5.82 Å². The predicted octanol–water partition coefficient (Wildman–Crippen LogP) is 2.04. The minimum absolute atomic E-state index is 0.0988. The number of benzene rings is 1. The van der Waals surface area contributed by atoms with Crippen molar-refractivity contribution in [3.8, 4) is 0 Å². The van der Waals surface area contributed by atoms with Crippen LogP contribution in [0.1, 0.15) is 5.56 Å². The van der Waals surface area contributed by atoms with Crippen molar-refractivity contribution < 1.29 is 4.39 Å². The van der Waals surface area contributed by atoms with Crippen molar-refractivity contribution in [3.05, 3.63) is 34.1 Å². The first-order chi connectivity index (χ1) is 7.75. The Morgan fingerprint density at radius 3 is 2.81 bits per heavy atom. The van der Waals surface area contributed by atoms with Crippen LogP contribution in [0, 0.1) is 5.82 Å². The first kappa shape index (κ1) is 12.0. The Bertz CT molecular complexity index is 351. The summed E-state index contributed by atoms with van der Waals surface area (Å²) < 4.78 is 14.4. The molecule has 1 saturated heterocycles. The van der Waals surface area contributed by atoms with Crippen LogP contribution in [0.15, 0.2) is 22.7 Å². The number of nitrogens with zero attached hydrogens (tertiary/aromatic N) is 1. The van der Waals surface area contributed by atoms with Crippen molar-refractivity contribution >= 4 is 15.9 Å². The molecule has 0 amide bonds. The van der Waals surface area contributed by atoms with Gasteiger partial charge in [-0.25, -0.2) is 4.39 Å². The van der Waals surface area contributed by atoms with Gasteiger partial charge < -0.3 is 10.2 Å². The SMILES string of the molecule is Fc1ccc(Br)cc1CCN1CCNCC1. The molecule has 1 fully saturated rings. The minimum atomic E-state index is -0.0988. The summed E-state index contributed by atoms with van der Waals surface area (Å²) in [7, 11) is 0. The van der Waals surface area contributed by atoms with Crippen LogP contribution in [0.2, 0.25) is 0 Å². The number of hydrogen-bond acceptors (Lipinski definition) is 2. The monoisotopic (exact) mass is 286 g/mol. The van der Waals surface area contributed by atoms with Gasteiger partial charge in [0, 0.05) is 37.2 Å². The lowest BCUT2D eigenvalue weighted by atomic mass is 10.1. The van der Waals surface area contributed by atoms with E-state index < -0.39 is 0 Å². The lowest BCUT2D eigenvalue weighted by molar-refractivity contribution is 0.243. The predicted molar refractivity (Wildman–Crippen MR) is 67.1 cm³/mol. The fourth-order valence-corrected chi connectivity index (χ4v) is 2.36. The Labute approximate surface area is 104 Å². The van der Waals surface area contributed by atoms with Gasteiger partial charge in [-0.05, 0) is 30.2 Å². The summed E-state index contributed by atoms with van der Waals surface area (Å²) in [6.07, 6.45) is 0.783. The summed E-state index contributed by atoms with van der Waals surface area (Å²) in [5.74, 6) is -0.0988. The lowest BCUT2D eigenvalue weighted by Crippen LogP contribution is -2.44. The lowest BCUT2D eigenvalue weighted by Gasteiger charge is -2.27. The summed E-state index contributed by atoms with van der Waals surface area (Å²) >= 11 is 3.37. The molecule has 0 spiro atoms.